The maximum Gasteiger partial charge on any atom is 0.349 e. The number of amides is 1. The maximum atomic E-state index is 12.6. The molecule has 2 aromatic carbocycles. The summed E-state index contributed by atoms with van der Waals surface area (Å²) >= 11 is 3.47. The largest absolute Gasteiger partial charge is 0.485 e. The minimum atomic E-state index is -0.655. The van der Waals surface area contributed by atoms with Crippen LogP contribution in [0, 0.1) is 0 Å². The fraction of sp³-hybridized carbons (Fsp3) is 0.304. The molecule has 1 N–H and O–H groups in total. The van der Waals surface area contributed by atoms with Crippen molar-refractivity contribution in [3.63, 3.8) is 0 Å². The highest BCUT2D eigenvalue weighted by molar-refractivity contribution is 9.10. The van der Waals surface area contributed by atoms with Crippen LogP contribution in [0.15, 0.2) is 62.2 Å². The van der Waals surface area contributed by atoms with Gasteiger partial charge in [0.15, 0.2) is 11.3 Å². The third-order valence-electron chi connectivity index (χ3n) is 5.19. The van der Waals surface area contributed by atoms with Gasteiger partial charge in [0, 0.05) is 15.9 Å². The molecule has 1 aliphatic rings. The predicted molar refractivity (Wildman–Crippen MR) is 115 cm³/mol. The summed E-state index contributed by atoms with van der Waals surface area (Å²) in [5.74, 6) is 0.0776. The smallest absolute Gasteiger partial charge is 0.349 e. The van der Waals surface area contributed by atoms with Gasteiger partial charge in [0.05, 0.1) is 0 Å². The number of halogens is 1. The zero-order valence-corrected chi connectivity index (χ0v) is 17.5. The standard InChI is InChI=1S/C23H22BrNO4/c24-17-11-16-12-19(22(26)25-18-9-5-2-6-10-18)23(27)29-21(16)20(13-17)28-14-15-7-3-1-4-8-15/h1,3-4,7-8,11-13,18H,2,5-6,9-10,14H2,(H,25,26). The fourth-order valence-electron chi connectivity index (χ4n) is 3.68. The van der Waals surface area contributed by atoms with Crippen molar-refractivity contribution in [3.8, 4) is 5.75 Å². The first-order valence-corrected chi connectivity index (χ1v) is 10.6. The fourth-order valence-corrected chi connectivity index (χ4v) is 4.13. The van der Waals surface area contributed by atoms with Gasteiger partial charge in [-0.1, -0.05) is 65.5 Å². The summed E-state index contributed by atoms with van der Waals surface area (Å²) in [6.45, 7) is 0.347. The highest BCUT2D eigenvalue weighted by Crippen LogP contribution is 2.30. The summed E-state index contributed by atoms with van der Waals surface area (Å²) in [7, 11) is 0. The van der Waals surface area contributed by atoms with E-state index in [4.69, 9.17) is 9.15 Å². The van der Waals surface area contributed by atoms with Crippen molar-refractivity contribution in [2.24, 2.45) is 0 Å². The molecule has 150 valence electrons. The molecule has 4 rings (SSSR count). The Morgan fingerprint density at radius 2 is 1.86 bits per heavy atom. The van der Waals surface area contributed by atoms with Crippen molar-refractivity contribution in [2.75, 3.05) is 0 Å². The van der Waals surface area contributed by atoms with E-state index in [9.17, 15) is 9.59 Å². The lowest BCUT2D eigenvalue weighted by atomic mass is 9.95. The molecule has 1 saturated carbocycles. The summed E-state index contributed by atoms with van der Waals surface area (Å²) in [5, 5.41) is 3.61. The van der Waals surface area contributed by atoms with Crippen molar-refractivity contribution in [1.82, 2.24) is 5.32 Å². The summed E-state index contributed by atoms with van der Waals surface area (Å²) in [4.78, 5) is 25.2. The van der Waals surface area contributed by atoms with E-state index in [1.807, 2.05) is 36.4 Å². The Bertz CT molecular complexity index is 1070. The number of carbonyl (C=O) groups is 1. The van der Waals surface area contributed by atoms with Gasteiger partial charge < -0.3 is 14.5 Å². The number of ether oxygens (including phenoxy) is 1. The van der Waals surface area contributed by atoms with Crippen LogP contribution in [0.4, 0.5) is 0 Å². The Balaban J connectivity index is 1.61. The van der Waals surface area contributed by atoms with E-state index in [-0.39, 0.29) is 17.5 Å². The second kappa shape index (κ2) is 8.82. The maximum absolute atomic E-state index is 12.6. The third-order valence-corrected chi connectivity index (χ3v) is 5.64. The van der Waals surface area contributed by atoms with Crippen molar-refractivity contribution >= 4 is 32.8 Å². The number of hydrogen-bond acceptors (Lipinski definition) is 4. The van der Waals surface area contributed by atoms with Gasteiger partial charge in [0.2, 0.25) is 0 Å². The van der Waals surface area contributed by atoms with Crippen molar-refractivity contribution in [1.29, 1.82) is 0 Å². The first-order valence-electron chi connectivity index (χ1n) is 9.85. The molecular formula is C23H22BrNO4. The predicted octanol–water partition coefficient (Wildman–Crippen LogP) is 5.20. The van der Waals surface area contributed by atoms with Gasteiger partial charge in [-0.15, -0.1) is 0 Å². The molecule has 0 aliphatic heterocycles. The number of fused-ring (bicyclic) bond motifs is 1. The van der Waals surface area contributed by atoms with E-state index in [1.54, 1.807) is 12.1 Å². The molecule has 1 aliphatic carbocycles. The van der Waals surface area contributed by atoms with Gasteiger partial charge in [-0.05, 0) is 36.6 Å². The Morgan fingerprint density at radius 3 is 2.62 bits per heavy atom. The van der Waals surface area contributed by atoms with Crippen LogP contribution in [0.2, 0.25) is 0 Å². The molecule has 0 bridgehead atoms. The van der Waals surface area contributed by atoms with Gasteiger partial charge in [-0.2, -0.15) is 0 Å². The molecule has 1 amide bonds. The van der Waals surface area contributed by atoms with E-state index in [0.717, 1.165) is 35.7 Å². The second-order valence-electron chi connectivity index (χ2n) is 7.35. The normalized spacial score (nSPS) is 14.7. The van der Waals surface area contributed by atoms with Gasteiger partial charge >= 0.3 is 5.63 Å². The zero-order chi connectivity index (χ0) is 20.2. The van der Waals surface area contributed by atoms with E-state index in [1.165, 1.54) is 6.42 Å². The van der Waals surface area contributed by atoms with Gasteiger partial charge in [0.25, 0.3) is 5.91 Å². The molecule has 0 atom stereocenters. The molecule has 5 nitrogen and oxygen atoms in total. The van der Waals surface area contributed by atoms with E-state index < -0.39 is 5.63 Å². The lowest BCUT2D eigenvalue weighted by Gasteiger charge is -2.22. The summed E-state index contributed by atoms with van der Waals surface area (Å²) in [5.41, 5.74) is 0.711. The zero-order valence-electron chi connectivity index (χ0n) is 15.9. The Labute approximate surface area is 177 Å². The monoisotopic (exact) mass is 455 g/mol. The third kappa shape index (κ3) is 4.70. The van der Waals surface area contributed by atoms with Crippen LogP contribution < -0.4 is 15.7 Å². The number of carbonyl (C=O) groups excluding carboxylic acids is 1. The lowest BCUT2D eigenvalue weighted by Crippen LogP contribution is -2.38. The van der Waals surface area contributed by atoms with Crippen LogP contribution in [-0.4, -0.2) is 11.9 Å². The van der Waals surface area contributed by atoms with E-state index in [0.29, 0.717) is 23.3 Å². The molecule has 29 heavy (non-hydrogen) atoms. The SMILES string of the molecule is O=C(NC1CCCCC1)c1cc2cc(Br)cc(OCc3ccccc3)c2oc1=O. The Kier molecular flexibility index (Phi) is 6.00. The number of hydrogen-bond donors (Lipinski definition) is 1. The molecule has 1 aromatic heterocycles. The van der Waals surface area contributed by atoms with Crippen LogP contribution in [-0.2, 0) is 6.61 Å². The van der Waals surface area contributed by atoms with Crippen molar-refractivity contribution < 1.29 is 13.9 Å². The Hall–Kier alpha value is -2.60. The number of rotatable bonds is 5. The van der Waals surface area contributed by atoms with Crippen molar-refractivity contribution in [2.45, 2.75) is 44.8 Å². The summed E-state index contributed by atoms with van der Waals surface area (Å²) in [6, 6.07) is 15.0. The molecule has 3 aromatic rings. The first kappa shape index (κ1) is 19.7. The van der Waals surface area contributed by atoms with Crippen LogP contribution >= 0.6 is 15.9 Å². The summed E-state index contributed by atoms with van der Waals surface area (Å²) < 4.78 is 12.2. The van der Waals surface area contributed by atoms with Crippen LogP contribution in [0.1, 0.15) is 48.0 Å². The van der Waals surface area contributed by atoms with Gasteiger partial charge in [0.1, 0.15) is 12.2 Å². The molecule has 0 saturated heterocycles. The first-order chi connectivity index (χ1) is 14.1. The molecule has 0 radical (unpaired) electrons. The lowest BCUT2D eigenvalue weighted by molar-refractivity contribution is 0.0924. The quantitative estimate of drug-likeness (QED) is 0.536. The minimum absolute atomic E-state index is 0.0233. The minimum Gasteiger partial charge on any atom is -0.485 e. The van der Waals surface area contributed by atoms with Crippen LogP contribution in [0.5, 0.6) is 5.75 Å². The van der Waals surface area contributed by atoms with Crippen molar-refractivity contribution in [3.05, 3.63) is 74.6 Å². The number of nitrogens with one attached hydrogen (secondary N) is 1. The van der Waals surface area contributed by atoms with Gasteiger partial charge in [-0.25, -0.2) is 4.79 Å². The summed E-state index contributed by atoms with van der Waals surface area (Å²) in [6.07, 6.45) is 5.31. The topological polar surface area (TPSA) is 68.5 Å². The van der Waals surface area contributed by atoms with Crippen LogP contribution in [0.25, 0.3) is 11.0 Å². The highest BCUT2D eigenvalue weighted by Gasteiger charge is 2.21. The average Bonchev–Trinajstić information content (AvgIpc) is 2.73. The molecular weight excluding hydrogens is 434 g/mol. The average molecular weight is 456 g/mol. The molecule has 1 fully saturated rings. The molecule has 0 spiro atoms. The number of benzene rings is 2. The van der Waals surface area contributed by atoms with Crippen LogP contribution in [0.3, 0.4) is 0 Å². The Morgan fingerprint density at radius 1 is 1.10 bits per heavy atom. The molecule has 1 heterocycles. The van der Waals surface area contributed by atoms with Gasteiger partial charge in [-0.3, -0.25) is 4.79 Å². The second-order valence-corrected chi connectivity index (χ2v) is 8.27. The molecule has 6 heteroatoms. The molecule has 0 unspecified atom stereocenters. The van der Waals surface area contributed by atoms with E-state index >= 15 is 0 Å². The van der Waals surface area contributed by atoms with E-state index in [2.05, 4.69) is 21.2 Å². The highest BCUT2D eigenvalue weighted by atomic mass is 79.9.